The first-order valence-corrected chi connectivity index (χ1v) is 20.8. The number of nitrogens with zero attached hydrogens (tertiary/aromatic N) is 1. The summed E-state index contributed by atoms with van der Waals surface area (Å²) in [4.78, 5) is 36.8. The van der Waals surface area contributed by atoms with Crippen LogP contribution in [0.15, 0.2) is 97.2 Å². The third-order valence-corrected chi connectivity index (χ3v) is 8.48. The number of carbonyl (C=O) groups is 3. The average molecular weight is 767 g/mol. The summed E-state index contributed by atoms with van der Waals surface area (Å²) < 4.78 is 17.1. The number of allylic oxidation sites excluding steroid dienone is 16. The van der Waals surface area contributed by atoms with Gasteiger partial charge in [0, 0.05) is 19.3 Å². The van der Waals surface area contributed by atoms with Crippen LogP contribution in [0.25, 0.3) is 0 Å². The van der Waals surface area contributed by atoms with Crippen LogP contribution >= 0.6 is 0 Å². The monoisotopic (exact) mass is 767 g/mol. The van der Waals surface area contributed by atoms with Crippen LogP contribution in [0.4, 0.5) is 0 Å². The van der Waals surface area contributed by atoms with E-state index in [1.54, 1.807) is 0 Å². The minimum Gasteiger partial charge on any atom is -0.477 e. The number of carbonyl (C=O) groups excluding carboxylic acids is 2. The maximum Gasteiger partial charge on any atom is 0.362 e. The van der Waals surface area contributed by atoms with E-state index in [0.29, 0.717) is 19.3 Å². The first kappa shape index (κ1) is 51.2. The Labute approximate surface area is 335 Å². The van der Waals surface area contributed by atoms with Crippen molar-refractivity contribution in [3.63, 3.8) is 0 Å². The van der Waals surface area contributed by atoms with Gasteiger partial charge in [0.05, 0.1) is 34.4 Å². The first-order valence-electron chi connectivity index (χ1n) is 20.8. The van der Waals surface area contributed by atoms with Crippen molar-refractivity contribution in [2.75, 3.05) is 41.0 Å². The van der Waals surface area contributed by atoms with E-state index in [2.05, 4.69) is 111 Å². The average Bonchev–Trinajstić information content (AvgIpc) is 3.14. The van der Waals surface area contributed by atoms with Crippen molar-refractivity contribution in [2.24, 2.45) is 0 Å². The smallest absolute Gasteiger partial charge is 0.362 e. The number of carboxylic acid groups (broad SMARTS) is 1. The van der Waals surface area contributed by atoms with Crippen LogP contribution in [0.2, 0.25) is 0 Å². The first-order chi connectivity index (χ1) is 26.6. The zero-order valence-corrected chi connectivity index (χ0v) is 35.1. The van der Waals surface area contributed by atoms with E-state index in [9.17, 15) is 19.5 Å². The predicted molar refractivity (Wildman–Crippen MR) is 229 cm³/mol. The Kier molecular flexibility index (Phi) is 34.7. The molecule has 0 amide bonds. The summed E-state index contributed by atoms with van der Waals surface area (Å²) in [6, 6.07) is -0.630. The van der Waals surface area contributed by atoms with Gasteiger partial charge in [-0.25, -0.2) is 4.79 Å². The number of carboxylic acids is 1. The van der Waals surface area contributed by atoms with Crippen LogP contribution in [-0.2, 0) is 28.6 Å². The number of likely N-dealkylation sites (N-methyl/N-ethyl adjacent to an activating group) is 1. The second-order valence-electron chi connectivity index (χ2n) is 14.5. The largest absolute Gasteiger partial charge is 0.477 e. The minimum absolute atomic E-state index is 0.0302. The van der Waals surface area contributed by atoms with Crippen molar-refractivity contribution < 1.29 is 38.2 Å². The van der Waals surface area contributed by atoms with E-state index in [1.807, 2.05) is 21.1 Å². The molecule has 0 fully saturated rings. The van der Waals surface area contributed by atoms with Crippen LogP contribution in [0.3, 0.4) is 0 Å². The number of ether oxygens (including phenoxy) is 3. The Hall–Kier alpha value is -3.75. The topological polar surface area (TPSA) is 99.1 Å². The predicted octanol–water partition coefficient (Wildman–Crippen LogP) is 11.1. The number of aliphatic carboxylic acids is 1. The molecule has 1 N–H and O–H groups in total. The Morgan fingerprint density at radius 3 is 1.42 bits per heavy atom. The minimum atomic E-state index is -0.891. The molecule has 0 aliphatic rings. The second-order valence-corrected chi connectivity index (χ2v) is 14.5. The van der Waals surface area contributed by atoms with Crippen molar-refractivity contribution in [1.82, 2.24) is 0 Å². The molecule has 0 heterocycles. The molecular formula is C47H76NO7+. The number of quaternary nitrogens is 1. The van der Waals surface area contributed by atoms with Crippen LogP contribution in [0.5, 0.6) is 0 Å². The molecular weight excluding hydrogens is 691 g/mol. The van der Waals surface area contributed by atoms with Gasteiger partial charge in [-0.05, 0) is 89.9 Å². The third-order valence-electron chi connectivity index (χ3n) is 8.48. The molecule has 0 saturated carbocycles. The van der Waals surface area contributed by atoms with E-state index in [4.69, 9.17) is 14.2 Å². The van der Waals surface area contributed by atoms with Crippen LogP contribution in [0, 0.1) is 0 Å². The Morgan fingerprint density at radius 2 is 0.964 bits per heavy atom. The fourth-order valence-corrected chi connectivity index (χ4v) is 5.31. The zero-order valence-electron chi connectivity index (χ0n) is 35.1. The van der Waals surface area contributed by atoms with Crippen molar-refractivity contribution in [3.8, 4) is 0 Å². The highest BCUT2D eigenvalue weighted by Gasteiger charge is 2.31. The van der Waals surface area contributed by atoms with Crippen LogP contribution < -0.4 is 0 Å². The van der Waals surface area contributed by atoms with Gasteiger partial charge < -0.3 is 23.8 Å². The normalized spacial score (nSPS) is 14.0. The lowest BCUT2D eigenvalue weighted by Gasteiger charge is -2.31. The maximum absolute atomic E-state index is 12.6. The lowest BCUT2D eigenvalue weighted by molar-refractivity contribution is -0.887. The summed E-state index contributed by atoms with van der Waals surface area (Å²) in [5, 5.41) is 9.59. The van der Waals surface area contributed by atoms with Crippen molar-refractivity contribution in [1.29, 1.82) is 0 Å². The molecule has 0 bridgehead atoms. The summed E-state index contributed by atoms with van der Waals surface area (Å²) >= 11 is 0. The van der Waals surface area contributed by atoms with E-state index in [0.717, 1.165) is 89.9 Å². The summed E-state index contributed by atoms with van der Waals surface area (Å²) in [6.45, 7) is 4.39. The number of rotatable bonds is 35. The van der Waals surface area contributed by atoms with Crippen molar-refractivity contribution in [2.45, 2.75) is 142 Å². The van der Waals surface area contributed by atoms with Crippen LogP contribution in [0.1, 0.15) is 129 Å². The van der Waals surface area contributed by atoms with Gasteiger partial charge in [-0.2, -0.15) is 0 Å². The molecule has 0 spiro atoms. The van der Waals surface area contributed by atoms with E-state index in [1.165, 1.54) is 0 Å². The molecule has 0 aromatic heterocycles. The number of esters is 2. The van der Waals surface area contributed by atoms with Gasteiger partial charge in [0.2, 0.25) is 0 Å². The number of hydrogen-bond acceptors (Lipinski definition) is 6. The lowest BCUT2D eigenvalue weighted by Crippen LogP contribution is -2.50. The molecule has 0 saturated heterocycles. The highest BCUT2D eigenvalue weighted by molar-refractivity contribution is 5.72. The van der Waals surface area contributed by atoms with Gasteiger partial charge in [-0.3, -0.25) is 9.59 Å². The number of unbranched alkanes of at least 4 members (excludes halogenated alkanes) is 5. The van der Waals surface area contributed by atoms with E-state index in [-0.39, 0.29) is 42.7 Å². The fourth-order valence-electron chi connectivity index (χ4n) is 5.31. The van der Waals surface area contributed by atoms with Crippen molar-refractivity contribution >= 4 is 17.9 Å². The molecule has 0 radical (unpaired) electrons. The highest BCUT2D eigenvalue weighted by Crippen LogP contribution is 2.11. The van der Waals surface area contributed by atoms with E-state index >= 15 is 0 Å². The summed E-state index contributed by atoms with van der Waals surface area (Å²) in [6.07, 6.45) is 49.0. The Morgan fingerprint density at radius 1 is 0.545 bits per heavy atom. The Bertz CT molecular complexity index is 1220. The highest BCUT2D eigenvalue weighted by atomic mass is 16.6. The quantitative estimate of drug-likeness (QED) is 0.0297. The molecule has 0 aromatic carbocycles. The van der Waals surface area contributed by atoms with Gasteiger partial charge in [0.1, 0.15) is 6.61 Å². The van der Waals surface area contributed by atoms with Gasteiger partial charge in [-0.1, -0.05) is 117 Å². The fraction of sp³-hybridized carbons (Fsp3) is 0.596. The molecule has 310 valence electrons. The van der Waals surface area contributed by atoms with Crippen molar-refractivity contribution in [3.05, 3.63) is 97.2 Å². The molecule has 55 heavy (non-hydrogen) atoms. The molecule has 8 heteroatoms. The van der Waals surface area contributed by atoms with E-state index < -0.39 is 18.1 Å². The molecule has 0 rings (SSSR count). The molecule has 0 aliphatic carbocycles. The second kappa shape index (κ2) is 37.2. The summed E-state index contributed by atoms with van der Waals surface area (Å²) in [5.74, 6) is -1.58. The molecule has 2 atom stereocenters. The zero-order chi connectivity index (χ0) is 40.7. The molecule has 2 unspecified atom stereocenters. The van der Waals surface area contributed by atoms with Gasteiger partial charge >= 0.3 is 17.9 Å². The van der Waals surface area contributed by atoms with Crippen LogP contribution in [-0.4, -0.2) is 80.6 Å². The summed E-state index contributed by atoms with van der Waals surface area (Å²) in [5.41, 5.74) is 0. The lowest BCUT2D eigenvalue weighted by atomic mass is 10.1. The third kappa shape index (κ3) is 35.7. The number of hydrogen-bond donors (Lipinski definition) is 1. The van der Waals surface area contributed by atoms with Gasteiger partial charge in [0.25, 0.3) is 0 Å². The van der Waals surface area contributed by atoms with Gasteiger partial charge in [-0.15, -0.1) is 0 Å². The molecule has 0 aromatic rings. The standard InChI is InChI=1S/C47H75NO7/c1-6-8-10-12-14-16-17-18-19-20-21-22-23-24-25-26-27-28-30-31-33-35-37-45(49)54-42-43(41-53-40-39-44(47(51)52)48(3,4)5)55-46(50)38-36-34-32-29-15-13-11-9-7-2/h8-11,14-16,18-19,21-22,24-25,27-29,43-44H,6-7,12-13,17,20,23,26,30-42H2,1-5H3/p+1/b10-8+,11-9+,16-14+,19-18+,22-21+,25-24+,28-27+,29-15+. The maximum atomic E-state index is 12.6. The molecule has 0 aliphatic heterocycles. The molecule has 8 nitrogen and oxygen atoms in total. The summed E-state index contributed by atoms with van der Waals surface area (Å²) in [7, 11) is 5.48. The Balaban J connectivity index is 4.39. The van der Waals surface area contributed by atoms with Gasteiger partial charge in [0.15, 0.2) is 12.1 Å². The SMILES string of the molecule is CC/C=C/C/C=C/C/C=C/C/C=C/C/C=C/C/C=C/CCCCCC(=O)OCC(COCCC(C(=O)O)[N+](C)(C)C)OC(=O)CCCC/C=C/C/C=C/CC.